The maximum Gasteiger partial charge on any atom is 0.416 e. The molecule has 2 N–H and O–H groups in total. The Morgan fingerprint density at radius 3 is 2.45 bits per heavy atom. The number of imidazole rings is 1. The highest BCUT2D eigenvalue weighted by atomic mass is 19.4. The highest BCUT2D eigenvalue weighted by Gasteiger charge is 2.45. The summed E-state index contributed by atoms with van der Waals surface area (Å²) in [6.07, 6.45) is 1.58. The van der Waals surface area contributed by atoms with E-state index in [2.05, 4.69) is 63.2 Å². The smallest absolute Gasteiger partial charge is 0.365 e. The van der Waals surface area contributed by atoms with Gasteiger partial charge in [-0.3, -0.25) is 0 Å². The van der Waals surface area contributed by atoms with Crippen molar-refractivity contribution in [2.75, 3.05) is 24.5 Å². The lowest BCUT2D eigenvalue weighted by Gasteiger charge is -2.41. The van der Waals surface area contributed by atoms with Gasteiger partial charge in [-0.1, -0.05) is 17.7 Å². The molecule has 0 radical (unpaired) electrons. The summed E-state index contributed by atoms with van der Waals surface area (Å²) in [6.45, 7) is 8.92. The van der Waals surface area contributed by atoms with E-state index in [1.165, 1.54) is 17.3 Å². The highest BCUT2D eigenvalue weighted by molar-refractivity contribution is 5.81. The van der Waals surface area contributed by atoms with Gasteiger partial charge in [0.05, 0.1) is 28.2 Å². The molecule has 2 saturated heterocycles. The molecule has 2 fully saturated rings. The summed E-state index contributed by atoms with van der Waals surface area (Å²) in [7, 11) is 0. The normalized spacial score (nSPS) is 23.5. The van der Waals surface area contributed by atoms with Crippen LogP contribution in [0.1, 0.15) is 43.6 Å². The number of aryl methyl sites for hydroxylation is 1. The molecule has 9 heteroatoms. The second kappa shape index (κ2) is 9.08. The highest BCUT2D eigenvalue weighted by Crippen LogP contribution is 2.39. The number of ether oxygens (including phenoxy) is 1. The quantitative estimate of drug-likeness (QED) is 0.453. The number of hydrogen-bond donors (Lipinski definition) is 2. The minimum atomic E-state index is -4.39. The van der Waals surface area contributed by atoms with Gasteiger partial charge in [-0.25, -0.2) is 4.98 Å². The number of anilines is 1. The minimum absolute atomic E-state index is 0.0396. The van der Waals surface area contributed by atoms with Gasteiger partial charge in [0.1, 0.15) is 17.9 Å². The zero-order chi connectivity index (χ0) is 26.7. The van der Waals surface area contributed by atoms with Crippen LogP contribution in [-0.4, -0.2) is 52.4 Å². The monoisotopic (exact) mass is 523 g/mol. The molecule has 2 aromatic carbocycles. The second-order valence-electron chi connectivity index (χ2n) is 10.7. The fraction of sp³-hybridized carbons (Fsp3) is 0.414. The number of hydrogen-bond acceptors (Lipinski definition) is 5. The first kappa shape index (κ1) is 24.9. The van der Waals surface area contributed by atoms with Crippen molar-refractivity contribution >= 4 is 22.3 Å². The number of allylic oxidation sites excluding steroid dienone is 2. The van der Waals surface area contributed by atoms with Gasteiger partial charge < -0.3 is 24.8 Å². The summed E-state index contributed by atoms with van der Waals surface area (Å²) < 4.78 is 45.9. The number of aromatic amines is 1. The molecule has 1 aromatic heterocycles. The van der Waals surface area contributed by atoms with Crippen molar-refractivity contribution in [3.8, 4) is 0 Å². The molecule has 3 aliphatic rings. The van der Waals surface area contributed by atoms with Crippen LogP contribution < -0.4 is 10.2 Å². The fourth-order valence-corrected chi connectivity index (χ4v) is 5.83. The third-order valence-corrected chi connectivity index (χ3v) is 8.03. The van der Waals surface area contributed by atoms with Crippen molar-refractivity contribution in [1.29, 1.82) is 0 Å². The molecule has 0 saturated carbocycles. The summed E-state index contributed by atoms with van der Waals surface area (Å²) in [5, 5.41) is 3.57. The summed E-state index contributed by atoms with van der Waals surface area (Å²) in [4.78, 5) is 12.3. The zero-order valence-electron chi connectivity index (χ0n) is 21.8. The molecule has 0 amide bonds. The molecule has 38 heavy (non-hydrogen) atoms. The van der Waals surface area contributed by atoms with E-state index in [9.17, 15) is 13.2 Å². The van der Waals surface area contributed by atoms with E-state index >= 15 is 0 Å². The number of benzene rings is 2. The lowest BCUT2D eigenvalue weighted by molar-refractivity contribution is -0.137. The third-order valence-electron chi connectivity index (χ3n) is 8.03. The van der Waals surface area contributed by atoms with Crippen LogP contribution in [0.25, 0.3) is 16.6 Å². The predicted molar refractivity (Wildman–Crippen MR) is 142 cm³/mol. The first-order valence-electron chi connectivity index (χ1n) is 13.1. The maximum absolute atomic E-state index is 13.1. The molecule has 3 aliphatic heterocycles. The molecule has 0 aliphatic carbocycles. The summed E-state index contributed by atoms with van der Waals surface area (Å²) >= 11 is 0. The van der Waals surface area contributed by atoms with Gasteiger partial charge in [0.15, 0.2) is 0 Å². The Hall–Kier alpha value is -3.46. The minimum Gasteiger partial charge on any atom is -0.365 e. The molecule has 3 aromatic rings. The number of dihydropyridines is 1. The molecular formula is C29H32F3N5O. The Bertz CT molecular complexity index is 1400. The molecule has 4 heterocycles. The van der Waals surface area contributed by atoms with Gasteiger partial charge in [0.25, 0.3) is 0 Å². The van der Waals surface area contributed by atoms with Crippen LogP contribution >= 0.6 is 0 Å². The van der Waals surface area contributed by atoms with Gasteiger partial charge in [0, 0.05) is 30.9 Å². The lowest BCUT2D eigenvalue weighted by Crippen LogP contribution is -2.49. The van der Waals surface area contributed by atoms with Gasteiger partial charge in [-0.05, 0) is 76.1 Å². The van der Waals surface area contributed by atoms with Gasteiger partial charge in [-0.15, -0.1) is 0 Å². The van der Waals surface area contributed by atoms with Crippen LogP contribution in [0.3, 0.4) is 0 Å². The maximum atomic E-state index is 13.1. The van der Waals surface area contributed by atoms with Gasteiger partial charge >= 0.3 is 6.18 Å². The van der Waals surface area contributed by atoms with Crippen molar-refractivity contribution in [3.05, 3.63) is 77.4 Å². The Morgan fingerprint density at radius 2 is 1.76 bits per heavy atom. The van der Waals surface area contributed by atoms with E-state index in [1.54, 1.807) is 0 Å². The van der Waals surface area contributed by atoms with Crippen LogP contribution in [-0.2, 0) is 10.9 Å². The van der Waals surface area contributed by atoms with Crippen LogP contribution in [0.2, 0.25) is 0 Å². The van der Waals surface area contributed by atoms with Crippen LogP contribution in [0.4, 0.5) is 18.9 Å². The van der Waals surface area contributed by atoms with Crippen molar-refractivity contribution in [2.24, 2.45) is 0 Å². The Kier molecular flexibility index (Phi) is 5.94. The average molecular weight is 524 g/mol. The number of fused-ring (bicyclic) bond motifs is 1. The van der Waals surface area contributed by atoms with E-state index in [-0.39, 0.29) is 17.9 Å². The Morgan fingerprint density at radius 1 is 1.03 bits per heavy atom. The largest absolute Gasteiger partial charge is 0.416 e. The molecule has 200 valence electrons. The molecule has 0 bridgehead atoms. The number of alkyl halides is 3. The summed E-state index contributed by atoms with van der Waals surface area (Å²) in [5.41, 5.74) is 3.43. The SMILES string of the molecule is Cc1ccc(N2CC3(CCN(C4=CC=C(c5nc6ccc(C(F)(F)F)cc6[nH]5)C(C)N4)CC3)OC2C)cc1. The number of piperidine rings is 1. The number of rotatable bonds is 3. The van der Waals surface area contributed by atoms with Crippen molar-refractivity contribution in [1.82, 2.24) is 20.2 Å². The molecule has 6 nitrogen and oxygen atoms in total. The van der Waals surface area contributed by atoms with E-state index in [0.717, 1.165) is 56.0 Å². The van der Waals surface area contributed by atoms with Crippen molar-refractivity contribution in [2.45, 2.75) is 57.7 Å². The standard InChI is InChI=1S/C29H32F3N5O/c1-18-4-7-22(8-5-18)37-17-28(38-20(37)3)12-14-36(15-13-28)26-11-9-23(19(2)33-26)27-34-24-10-6-21(29(30,31)32)16-25(24)35-27/h4-11,16,19-20,33H,12-15,17H2,1-3H3,(H,34,35). The topological polar surface area (TPSA) is 56.4 Å². The van der Waals surface area contributed by atoms with E-state index in [0.29, 0.717) is 16.9 Å². The van der Waals surface area contributed by atoms with E-state index < -0.39 is 11.7 Å². The Balaban J connectivity index is 1.14. The number of H-pyrrole nitrogens is 1. The Labute approximate surface area is 220 Å². The van der Waals surface area contributed by atoms with E-state index in [4.69, 9.17) is 4.74 Å². The van der Waals surface area contributed by atoms with Crippen LogP contribution in [0.15, 0.2) is 60.4 Å². The van der Waals surface area contributed by atoms with Gasteiger partial charge in [0.2, 0.25) is 0 Å². The number of likely N-dealkylation sites (tertiary alicyclic amines) is 1. The molecular weight excluding hydrogens is 491 g/mol. The second-order valence-corrected chi connectivity index (χ2v) is 10.7. The number of nitrogens with one attached hydrogen (secondary N) is 2. The lowest BCUT2D eigenvalue weighted by atomic mass is 9.91. The molecule has 2 atom stereocenters. The molecule has 2 unspecified atom stereocenters. The zero-order valence-corrected chi connectivity index (χ0v) is 21.8. The summed E-state index contributed by atoms with van der Waals surface area (Å²) in [5.74, 6) is 1.63. The van der Waals surface area contributed by atoms with Crippen molar-refractivity contribution in [3.63, 3.8) is 0 Å². The average Bonchev–Trinajstić information content (AvgIpc) is 3.44. The van der Waals surface area contributed by atoms with Gasteiger partial charge in [-0.2, -0.15) is 13.2 Å². The predicted octanol–water partition coefficient (Wildman–Crippen LogP) is 5.82. The first-order chi connectivity index (χ1) is 18.1. The summed E-state index contributed by atoms with van der Waals surface area (Å²) in [6, 6.07) is 12.2. The van der Waals surface area contributed by atoms with Crippen LogP contribution in [0.5, 0.6) is 0 Å². The number of aromatic nitrogens is 2. The molecule has 6 rings (SSSR count). The number of nitrogens with zero attached hydrogens (tertiary/aromatic N) is 3. The fourth-order valence-electron chi connectivity index (χ4n) is 5.83. The van der Waals surface area contributed by atoms with Crippen molar-refractivity contribution < 1.29 is 17.9 Å². The third kappa shape index (κ3) is 4.53. The number of halogens is 3. The molecule has 1 spiro atoms. The van der Waals surface area contributed by atoms with E-state index in [1.807, 2.05) is 19.1 Å². The van der Waals surface area contributed by atoms with Crippen LogP contribution in [0, 0.1) is 6.92 Å². The first-order valence-corrected chi connectivity index (χ1v) is 13.1.